The molecule has 0 radical (unpaired) electrons. The number of hydrogen-bond acceptors (Lipinski definition) is 2. The lowest BCUT2D eigenvalue weighted by molar-refractivity contribution is -0.137. The minimum Gasteiger partial charge on any atom is -0.481 e. The molecule has 1 atom stereocenters. The minimum atomic E-state index is -0.903. The second-order valence-corrected chi connectivity index (χ2v) is 5.78. The fraction of sp³-hybridized carbons (Fsp3) is 0.263. The second kappa shape index (κ2) is 9.42. The van der Waals surface area contributed by atoms with Crippen molar-refractivity contribution in [3.63, 3.8) is 0 Å². The summed E-state index contributed by atoms with van der Waals surface area (Å²) < 4.78 is 13.1. The number of amides is 2. The third kappa shape index (κ3) is 7.03. The molecule has 0 aliphatic rings. The third-order valence-electron chi connectivity index (χ3n) is 3.71. The summed E-state index contributed by atoms with van der Waals surface area (Å²) in [5.41, 5.74) is 1.67. The van der Waals surface area contributed by atoms with Crippen LogP contribution in [-0.4, -0.2) is 23.1 Å². The van der Waals surface area contributed by atoms with E-state index in [9.17, 15) is 14.0 Å². The lowest BCUT2D eigenvalue weighted by atomic mass is 10.0. The molecule has 25 heavy (non-hydrogen) atoms. The topological polar surface area (TPSA) is 78.4 Å². The van der Waals surface area contributed by atoms with Crippen molar-refractivity contribution in [2.75, 3.05) is 0 Å². The van der Waals surface area contributed by atoms with Gasteiger partial charge in [0.05, 0.1) is 0 Å². The third-order valence-corrected chi connectivity index (χ3v) is 3.71. The summed E-state index contributed by atoms with van der Waals surface area (Å²) in [4.78, 5) is 22.9. The number of carboxylic acids is 1. The molecular formula is C19H21FN2O3. The number of urea groups is 1. The van der Waals surface area contributed by atoms with Crippen LogP contribution in [0.5, 0.6) is 0 Å². The van der Waals surface area contributed by atoms with Gasteiger partial charge in [0.25, 0.3) is 0 Å². The van der Waals surface area contributed by atoms with Gasteiger partial charge >= 0.3 is 12.0 Å². The Balaban J connectivity index is 1.90. The smallest absolute Gasteiger partial charge is 0.315 e. The van der Waals surface area contributed by atoms with Gasteiger partial charge in [0, 0.05) is 19.0 Å². The van der Waals surface area contributed by atoms with E-state index >= 15 is 0 Å². The summed E-state index contributed by atoms with van der Waals surface area (Å²) in [7, 11) is 0. The average molecular weight is 344 g/mol. The molecule has 6 heteroatoms. The molecule has 0 fully saturated rings. The summed E-state index contributed by atoms with van der Waals surface area (Å²) in [5.74, 6) is -1.26. The van der Waals surface area contributed by atoms with Gasteiger partial charge < -0.3 is 15.7 Å². The molecule has 2 aromatic rings. The van der Waals surface area contributed by atoms with Gasteiger partial charge in [-0.1, -0.05) is 42.5 Å². The molecule has 1 unspecified atom stereocenters. The van der Waals surface area contributed by atoms with Gasteiger partial charge in [0.15, 0.2) is 0 Å². The van der Waals surface area contributed by atoms with Gasteiger partial charge in [-0.3, -0.25) is 4.79 Å². The summed E-state index contributed by atoms with van der Waals surface area (Å²) in [6.07, 6.45) is 0.848. The minimum absolute atomic E-state index is 0.0261. The van der Waals surface area contributed by atoms with Gasteiger partial charge in [-0.05, 0) is 36.1 Å². The van der Waals surface area contributed by atoms with Crippen LogP contribution in [0.3, 0.4) is 0 Å². The van der Waals surface area contributed by atoms with Crippen LogP contribution in [0.4, 0.5) is 9.18 Å². The van der Waals surface area contributed by atoms with Crippen molar-refractivity contribution in [1.82, 2.24) is 10.6 Å². The monoisotopic (exact) mass is 344 g/mol. The normalized spacial score (nSPS) is 11.6. The Kier molecular flexibility index (Phi) is 6.95. The van der Waals surface area contributed by atoms with E-state index in [1.807, 2.05) is 30.3 Å². The first-order valence-corrected chi connectivity index (χ1v) is 8.07. The van der Waals surface area contributed by atoms with Crippen LogP contribution in [0.1, 0.15) is 24.0 Å². The molecule has 0 aromatic heterocycles. The van der Waals surface area contributed by atoms with Crippen LogP contribution in [0.15, 0.2) is 54.6 Å². The quantitative estimate of drug-likeness (QED) is 0.688. The van der Waals surface area contributed by atoms with Crippen LogP contribution in [0.25, 0.3) is 0 Å². The van der Waals surface area contributed by atoms with Gasteiger partial charge in [-0.25, -0.2) is 9.18 Å². The van der Waals surface area contributed by atoms with Crippen molar-refractivity contribution in [2.45, 2.75) is 31.8 Å². The highest BCUT2D eigenvalue weighted by atomic mass is 19.1. The summed E-state index contributed by atoms with van der Waals surface area (Å²) >= 11 is 0. The molecule has 5 nitrogen and oxygen atoms in total. The van der Waals surface area contributed by atoms with Gasteiger partial charge in [-0.2, -0.15) is 0 Å². The lowest BCUT2D eigenvalue weighted by Gasteiger charge is -2.19. The Hall–Kier alpha value is -2.89. The first-order valence-electron chi connectivity index (χ1n) is 8.07. The first-order chi connectivity index (χ1) is 12.0. The highest BCUT2D eigenvalue weighted by Gasteiger charge is 2.14. The number of hydrogen-bond donors (Lipinski definition) is 3. The molecule has 2 amide bonds. The number of aliphatic carboxylic acids is 1. The van der Waals surface area contributed by atoms with Gasteiger partial charge in [0.2, 0.25) is 0 Å². The maximum absolute atomic E-state index is 13.1. The lowest BCUT2D eigenvalue weighted by Crippen LogP contribution is -2.43. The Morgan fingerprint density at radius 1 is 1.04 bits per heavy atom. The van der Waals surface area contributed by atoms with E-state index in [-0.39, 0.29) is 24.8 Å². The van der Waals surface area contributed by atoms with Crippen LogP contribution in [-0.2, 0) is 17.8 Å². The average Bonchev–Trinajstić information content (AvgIpc) is 2.59. The fourth-order valence-electron chi connectivity index (χ4n) is 2.49. The zero-order chi connectivity index (χ0) is 18.1. The highest BCUT2D eigenvalue weighted by Crippen LogP contribution is 2.08. The number of carboxylic acid groups (broad SMARTS) is 1. The van der Waals surface area contributed by atoms with Crippen LogP contribution in [0.2, 0.25) is 0 Å². The Morgan fingerprint density at radius 3 is 2.44 bits per heavy atom. The van der Waals surface area contributed by atoms with Crippen LogP contribution < -0.4 is 10.6 Å². The van der Waals surface area contributed by atoms with E-state index in [1.165, 1.54) is 12.1 Å². The number of carbonyl (C=O) groups excluding carboxylic acids is 1. The molecule has 0 aliphatic carbocycles. The number of carbonyl (C=O) groups is 2. The SMILES string of the molecule is O=C(O)CCC(Cc1ccccc1)NC(=O)NCc1cccc(F)c1. The zero-order valence-electron chi connectivity index (χ0n) is 13.7. The first kappa shape index (κ1) is 18.4. The van der Waals surface area contributed by atoms with E-state index in [1.54, 1.807) is 12.1 Å². The van der Waals surface area contributed by atoms with Crippen molar-refractivity contribution in [3.8, 4) is 0 Å². The van der Waals surface area contributed by atoms with Gasteiger partial charge in [0.1, 0.15) is 5.82 Å². The summed E-state index contributed by atoms with van der Waals surface area (Å²) in [6.45, 7) is 0.195. The number of halogens is 1. The van der Waals surface area contributed by atoms with Crippen molar-refractivity contribution >= 4 is 12.0 Å². The summed E-state index contributed by atoms with van der Waals surface area (Å²) in [6, 6.07) is 14.8. The van der Waals surface area contributed by atoms with E-state index in [0.717, 1.165) is 5.56 Å². The molecular weight excluding hydrogens is 323 g/mol. The van der Waals surface area contributed by atoms with E-state index in [2.05, 4.69) is 10.6 Å². The maximum Gasteiger partial charge on any atom is 0.315 e. The van der Waals surface area contributed by atoms with E-state index < -0.39 is 12.0 Å². The zero-order valence-corrected chi connectivity index (χ0v) is 13.7. The predicted octanol–water partition coefficient (Wildman–Crippen LogP) is 3.10. The number of nitrogens with one attached hydrogen (secondary N) is 2. The molecule has 0 aliphatic heterocycles. The Labute approximate surface area is 145 Å². The van der Waals surface area contributed by atoms with E-state index in [4.69, 9.17) is 5.11 Å². The fourth-order valence-corrected chi connectivity index (χ4v) is 2.49. The van der Waals surface area contributed by atoms with Crippen molar-refractivity contribution in [1.29, 1.82) is 0 Å². The highest BCUT2D eigenvalue weighted by molar-refractivity contribution is 5.74. The van der Waals surface area contributed by atoms with Crippen molar-refractivity contribution in [3.05, 3.63) is 71.5 Å². The van der Waals surface area contributed by atoms with Gasteiger partial charge in [-0.15, -0.1) is 0 Å². The van der Waals surface area contributed by atoms with Crippen LogP contribution >= 0.6 is 0 Å². The molecule has 3 N–H and O–H groups in total. The molecule has 2 aromatic carbocycles. The molecule has 2 rings (SSSR count). The van der Waals surface area contributed by atoms with E-state index in [0.29, 0.717) is 18.4 Å². The molecule has 0 saturated carbocycles. The Morgan fingerprint density at radius 2 is 1.76 bits per heavy atom. The molecule has 0 spiro atoms. The summed E-state index contributed by atoms with van der Waals surface area (Å²) in [5, 5.41) is 14.3. The van der Waals surface area contributed by atoms with Crippen molar-refractivity contribution < 1.29 is 19.1 Å². The number of rotatable bonds is 8. The molecule has 0 heterocycles. The predicted molar refractivity (Wildman–Crippen MR) is 92.6 cm³/mol. The second-order valence-electron chi connectivity index (χ2n) is 5.78. The van der Waals surface area contributed by atoms with Crippen molar-refractivity contribution in [2.24, 2.45) is 0 Å². The maximum atomic E-state index is 13.1. The largest absolute Gasteiger partial charge is 0.481 e. The molecule has 0 saturated heterocycles. The molecule has 0 bridgehead atoms. The standard InChI is InChI=1S/C19H21FN2O3/c20-16-8-4-7-15(11-16)13-21-19(25)22-17(9-10-18(23)24)12-14-5-2-1-3-6-14/h1-8,11,17H,9-10,12-13H2,(H,23,24)(H2,21,22,25). The van der Waals surface area contributed by atoms with Crippen LogP contribution in [0, 0.1) is 5.82 Å². The number of benzene rings is 2. The molecule has 132 valence electrons. The Bertz CT molecular complexity index is 707.